The number of hydrogen-bond acceptors (Lipinski definition) is 8. The van der Waals surface area contributed by atoms with Gasteiger partial charge in [0.05, 0.1) is 26.4 Å². The van der Waals surface area contributed by atoms with E-state index in [0.29, 0.717) is 49.6 Å². The van der Waals surface area contributed by atoms with Crippen molar-refractivity contribution in [1.82, 2.24) is 25.7 Å². The van der Waals surface area contributed by atoms with Gasteiger partial charge in [0.1, 0.15) is 17.7 Å². The number of H-pyrrole nitrogens is 1. The van der Waals surface area contributed by atoms with E-state index < -0.39 is 29.8 Å². The Morgan fingerprint density at radius 3 is 2.90 bits per heavy atom. The van der Waals surface area contributed by atoms with Gasteiger partial charge in [0, 0.05) is 55.4 Å². The van der Waals surface area contributed by atoms with E-state index >= 15 is 0 Å². The van der Waals surface area contributed by atoms with Crippen LogP contribution in [0.2, 0.25) is 0 Å². The van der Waals surface area contributed by atoms with Gasteiger partial charge in [-0.15, -0.1) is 0 Å². The van der Waals surface area contributed by atoms with Crippen LogP contribution < -0.4 is 24.8 Å². The summed E-state index contributed by atoms with van der Waals surface area (Å²) in [7, 11) is 1.45. The molecule has 3 N–H and O–H groups in total. The van der Waals surface area contributed by atoms with Crippen LogP contribution >= 0.6 is 0 Å². The minimum Gasteiger partial charge on any atom is -0.493 e. The van der Waals surface area contributed by atoms with E-state index in [4.69, 9.17) is 18.9 Å². The van der Waals surface area contributed by atoms with Crippen LogP contribution in [0.25, 0.3) is 0 Å². The van der Waals surface area contributed by atoms with E-state index in [9.17, 15) is 18.8 Å². The number of aromatic amines is 1. The number of methoxy groups -OCH3 is 1. The Morgan fingerprint density at radius 2 is 2.05 bits per heavy atom. The Hall–Kier alpha value is -4.65. The Kier molecular flexibility index (Phi) is 7.66. The number of benzene rings is 2. The molecule has 0 spiro atoms. The fourth-order valence-corrected chi connectivity index (χ4v) is 5.38. The summed E-state index contributed by atoms with van der Waals surface area (Å²) >= 11 is 0. The first-order valence-electron chi connectivity index (χ1n) is 13.7. The zero-order valence-corrected chi connectivity index (χ0v) is 22.9. The molecule has 4 heterocycles. The number of aromatic nitrogens is 2. The summed E-state index contributed by atoms with van der Waals surface area (Å²) in [6, 6.07) is 8.18. The number of piperidine rings is 1. The lowest BCUT2D eigenvalue weighted by Gasteiger charge is -2.38. The average molecular weight is 580 g/mol. The molecule has 13 heteroatoms. The van der Waals surface area contributed by atoms with Crippen molar-refractivity contribution >= 4 is 17.7 Å². The number of nitrogens with zero attached hydrogens (tertiary/aromatic N) is 2. The summed E-state index contributed by atoms with van der Waals surface area (Å²) in [5.74, 6) is -0.896. The molecular formula is C29H30FN5O7. The molecule has 4 bridgehead atoms. The molecule has 3 aliphatic rings. The van der Waals surface area contributed by atoms with Crippen molar-refractivity contribution in [2.75, 3.05) is 33.4 Å². The number of amides is 3. The van der Waals surface area contributed by atoms with Gasteiger partial charge in [0.15, 0.2) is 23.8 Å². The van der Waals surface area contributed by atoms with Crippen LogP contribution in [0.5, 0.6) is 17.2 Å². The Morgan fingerprint density at radius 1 is 1.17 bits per heavy atom. The molecule has 6 rings (SSSR count). The highest BCUT2D eigenvalue weighted by atomic mass is 19.1. The number of nitrogens with one attached hydrogen (secondary N) is 3. The highest BCUT2D eigenvalue weighted by Gasteiger charge is 2.37. The van der Waals surface area contributed by atoms with Gasteiger partial charge in [-0.2, -0.15) is 5.10 Å². The summed E-state index contributed by atoms with van der Waals surface area (Å²) in [6.07, 6.45) is 0.428. The minimum absolute atomic E-state index is 0.0539. The molecule has 1 fully saturated rings. The average Bonchev–Trinajstić information content (AvgIpc) is 3.43. The summed E-state index contributed by atoms with van der Waals surface area (Å²) < 4.78 is 37.3. The number of carbonyl (C=O) groups excluding carboxylic acids is 3. The maximum Gasteiger partial charge on any atom is 0.274 e. The van der Waals surface area contributed by atoms with Gasteiger partial charge in [-0.3, -0.25) is 19.5 Å². The smallest absolute Gasteiger partial charge is 0.274 e. The first kappa shape index (κ1) is 27.5. The van der Waals surface area contributed by atoms with Gasteiger partial charge in [-0.1, -0.05) is 0 Å². The molecule has 12 nitrogen and oxygen atoms in total. The summed E-state index contributed by atoms with van der Waals surface area (Å²) in [5, 5.41) is 12.9. The molecule has 0 radical (unpaired) electrons. The third kappa shape index (κ3) is 5.73. The number of hydrogen-bond donors (Lipinski definition) is 3. The van der Waals surface area contributed by atoms with Crippen molar-refractivity contribution in [1.29, 1.82) is 0 Å². The second-order valence-corrected chi connectivity index (χ2v) is 10.3. The molecule has 1 aromatic heterocycles. The Labute approximate surface area is 240 Å². The molecule has 42 heavy (non-hydrogen) atoms. The predicted octanol–water partition coefficient (Wildman–Crippen LogP) is 1.73. The minimum atomic E-state index is -0.646. The zero-order chi connectivity index (χ0) is 29.2. The normalized spacial score (nSPS) is 20.7. The van der Waals surface area contributed by atoms with Crippen molar-refractivity contribution < 1.29 is 37.7 Å². The summed E-state index contributed by atoms with van der Waals surface area (Å²) in [4.78, 5) is 41.1. The summed E-state index contributed by atoms with van der Waals surface area (Å²) in [6.45, 7) is 1.04. The van der Waals surface area contributed by atoms with Crippen molar-refractivity contribution in [3.05, 3.63) is 70.3 Å². The first-order valence-corrected chi connectivity index (χ1v) is 13.7. The van der Waals surface area contributed by atoms with Gasteiger partial charge in [0.25, 0.3) is 17.7 Å². The SMILES string of the molecule is COc1ccc2cc1OCC(=O)NCc1cc(F)cc(c1)O[C@@H]1CCN(C(=O)c3n[nH]c4c3COCC4)C[C@@H]1NC2=O. The number of ether oxygens (including phenoxy) is 4. The maximum atomic E-state index is 14.5. The van der Waals surface area contributed by atoms with E-state index in [1.165, 1.54) is 25.3 Å². The van der Waals surface area contributed by atoms with Crippen LogP contribution in [-0.2, 0) is 29.1 Å². The van der Waals surface area contributed by atoms with Crippen LogP contribution in [0, 0.1) is 5.82 Å². The number of halogens is 1. The van der Waals surface area contributed by atoms with Crippen LogP contribution in [0.1, 0.15) is 44.1 Å². The van der Waals surface area contributed by atoms with Gasteiger partial charge in [0.2, 0.25) is 0 Å². The van der Waals surface area contributed by atoms with Crippen molar-refractivity contribution in [2.24, 2.45) is 0 Å². The van der Waals surface area contributed by atoms with E-state index in [2.05, 4.69) is 20.8 Å². The number of likely N-dealkylation sites (tertiary alicyclic amines) is 1. The molecule has 0 unspecified atom stereocenters. The van der Waals surface area contributed by atoms with Gasteiger partial charge in [-0.05, 0) is 35.9 Å². The quantitative estimate of drug-likeness (QED) is 0.417. The van der Waals surface area contributed by atoms with Crippen molar-refractivity contribution in [3.63, 3.8) is 0 Å². The van der Waals surface area contributed by atoms with Crippen LogP contribution in [0.15, 0.2) is 36.4 Å². The van der Waals surface area contributed by atoms with Crippen molar-refractivity contribution in [2.45, 2.75) is 38.1 Å². The van der Waals surface area contributed by atoms with Gasteiger partial charge in [-0.25, -0.2) is 4.39 Å². The fraction of sp³-hybridized carbons (Fsp3) is 0.379. The second kappa shape index (κ2) is 11.7. The van der Waals surface area contributed by atoms with E-state index in [1.54, 1.807) is 23.1 Å². The highest BCUT2D eigenvalue weighted by Crippen LogP contribution is 2.29. The van der Waals surface area contributed by atoms with Crippen LogP contribution in [-0.4, -0.2) is 78.4 Å². The third-order valence-corrected chi connectivity index (χ3v) is 7.54. The Balaban J connectivity index is 1.31. The second-order valence-electron chi connectivity index (χ2n) is 10.3. The lowest BCUT2D eigenvalue weighted by Crippen LogP contribution is -2.58. The molecule has 0 saturated carbocycles. The molecule has 3 aromatic rings. The molecule has 2 aromatic carbocycles. The highest BCUT2D eigenvalue weighted by molar-refractivity contribution is 5.96. The molecule has 0 aliphatic carbocycles. The maximum absolute atomic E-state index is 14.5. The van der Waals surface area contributed by atoms with Gasteiger partial charge >= 0.3 is 0 Å². The lowest BCUT2D eigenvalue weighted by atomic mass is 9.99. The van der Waals surface area contributed by atoms with Crippen LogP contribution in [0.3, 0.4) is 0 Å². The zero-order valence-electron chi connectivity index (χ0n) is 22.9. The van der Waals surface area contributed by atoms with Gasteiger partial charge < -0.3 is 34.5 Å². The molecule has 220 valence electrons. The topological polar surface area (TPSA) is 144 Å². The number of rotatable bonds is 2. The van der Waals surface area contributed by atoms with Crippen molar-refractivity contribution in [3.8, 4) is 17.2 Å². The molecule has 2 atom stereocenters. The first-order chi connectivity index (χ1) is 20.4. The van der Waals surface area contributed by atoms with E-state index in [0.717, 1.165) is 11.3 Å². The Bertz CT molecular complexity index is 1530. The number of carbonyl (C=O) groups is 3. The van der Waals surface area contributed by atoms with Crippen LogP contribution in [0.4, 0.5) is 4.39 Å². The third-order valence-electron chi connectivity index (χ3n) is 7.54. The summed E-state index contributed by atoms with van der Waals surface area (Å²) in [5.41, 5.74) is 2.68. The fourth-order valence-electron chi connectivity index (χ4n) is 5.38. The molecule has 3 amide bonds. The van der Waals surface area contributed by atoms with E-state index in [1.807, 2.05) is 0 Å². The van der Waals surface area contributed by atoms with E-state index in [-0.39, 0.29) is 42.7 Å². The molecular weight excluding hydrogens is 549 g/mol. The largest absolute Gasteiger partial charge is 0.493 e. The molecule has 1 saturated heterocycles. The predicted molar refractivity (Wildman–Crippen MR) is 145 cm³/mol. The number of fused-ring (bicyclic) bond motifs is 6. The standard InChI is InChI=1S/C29H30FN5O7/c1-39-24-3-2-17-10-25(24)41-15-26(36)31-12-16-8-18(30)11-19(9-16)42-23-4-6-35(13-22(23)32-28(17)37)29(38)27-20-14-40-7-5-21(20)33-34-27/h2-3,8-11,22-23H,4-7,12-15H2,1H3,(H,31,36)(H,32,37)(H,33,34)/t22-,23+/m0/s1. The molecule has 3 aliphatic heterocycles. The monoisotopic (exact) mass is 579 g/mol. The lowest BCUT2D eigenvalue weighted by molar-refractivity contribution is -0.123.